The van der Waals surface area contributed by atoms with E-state index in [0.29, 0.717) is 25.3 Å². The molecule has 1 aromatic carbocycles. The summed E-state index contributed by atoms with van der Waals surface area (Å²) in [7, 11) is 0. The first kappa shape index (κ1) is 16.5. The number of aliphatic hydroxyl groups is 1. The van der Waals surface area contributed by atoms with Crippen molar-refractivity contribution in [1.82, 2.24) is 5.32 Å². The summed E-state index contributed by atoms with van der Waals surface area (Å²) in [5.41, 5.74) is 0.560. The van der Waals surface area contributed by atoms with Crippen LogP contribution in [0.1, 0.15) is 26.2 Å². The minimum Gasteiger partial charge on any atom is -0.494 e. The van der Waals surface area contributed by atoms with E-state index in [1.807, 2.05) is 6.92 Å². The van der Waals surface area contributed by atoms with Crippen molar-refractivity contribution in [1.29, 1.82) is 0 Å². The van der Waals surface area contributed by atoms with Crippen molar-refractivity contribution in [3.63, 3.8) is 0 Å². The van der Waals surface area contributed by atoms with Crippen LogP contribution in [-0.4, -0.2) is 42.7 Å². The third-order valence-corrected chi connectivity index (χ3v) is 3.44. The molecular weight excluding hydrogens is 284 g/mol. The first-order valence-corrected chi connectivity index (χ1v) is 7.61. The van der Waals surface area contributed by atoms with Crippen molar-refractivity contribution < 1.29 is 19.4 Å². The average Bonchev–Trinajstić information content (AvgIpc) is 2.80. The summed E-state index contributed by atoms with van der Waals surface area (Å²) in [6.07, 6.45) is 1.63. The van der Waals surface area contributed by atoms with Gasteiger partial charge in [0.25, 0.3) is 5.91 Å². The molecule has 0 saturated carbocycles. The lowest BCUT2D eigenvalue weighted by Crippen LogP contribution is -2.39. The number of ether oxygens (including phenoxy) is 1. The fourth-order valence-electron chi connectivity index (χ4n) is 2.33. The number of nitrogens with one attached hydrogen (secondary N) is 1. The van der Waals surface area contributed by atoms with E-state index in [2.05, 4.69) is 5.32 Å². The van der Waals surface area contributed by atoms with Gasteiger partial charge in [-0.2, -0.15) is 0 Å². The van der Waals surface area contributed by atoms with E-state index >= 15 is 0 Å². The lowest BCUT2D eigenvalue weighted by atomic mass is 10.2. The molecule has 0 aromatic heterocycles. The van der Waals surface area contributed by atoms with Crippen molar-refractivity contribution in [3.8, 4) is 5.75 Å². The van der Waals surface area contributed by atoms with E-state index in [-0.39, 0.29) is 24.8 Å². The Hall–Kier alpha value is -1.92. The molecule has 0 radical (unpaired) electrons. The Morgan fingerprint density at radius 3 is 2.68 bits per heavy atom. The predicted octanol–water partition coefficient (Wildman–Crippen LogP) is 1.08. The normalized spacial score (nSPS) is 18.1. The molecule has 2 amide bonds. The van der Waals surface area contributed by atoms with Crippen LogP contribution >= 0.6 is 0 Å². The Morgan fingerprint density at radius 2 is 2.05 bits per heavy atom. The molecule has 1 heterocycles. The molecule has 1 fully saturated rings. The number of carbonyl (C=O) groups excluding carboxylic acids is 2. The van der Waals surface area contributed by atoms with Gasteiger partial charge in [-0.25, -0.2) is 4.90 Å². The van der Waals surface area contributed by atoms with Gasteiger partial charge in [0, 0.05) is 6.61 Å². The number of amides is 2. The van der Waals surface area contributed by atoms with Crippen molar-refractivity contribution in [2.45, 2.75) is 32.2 Å². The van der Waals surface area contributed by atoms with Crippen LogP contribution < -0.4 is 15.0 Å². The summed E-state index contributed by atoms with van der Waals surface area (Å²) in [6.45, 7) is 3.24. The molecule has 1 atom stereocenters. The van der Waals surface area contributed by atoms with Gasteiger partial charge in [0.05, 0.1) is 24.8 Å². The molecule has 2 N–H and O–H groups in total. The average molecular weight is 306 g/mol. The highest BCUT2D eigenvalue weighted by molar-refractivity contribution is 6.22. The third-order valence-electron chi connectivity index (χ3n) is 3.44. The lowest BCUT2D eigenvalue weighted by molar-refractivity contribution is -0.121. The summed E-state index contributed by atoms with van der Waals surface area (Å²) < 4.78 is 5.49. The molecule has 120 valence electrons. The molecule has 22 heavy (non-hydrogen) atoms. The maximum Gasteiger partial charge on any atom is 0.251 e. The van der Waals surface area contributed by atoms with Crippen LogP contribution in [0, 0.1) is 0 Å². The van der Waals surface area contributed by atoms with Gasteiger partial charge in [0.2, 0.25) is 5.91 Å². The van der Waals surface area contributed by atoms with Crippen molar-refractivity contribution in [3.05, 3.63) is 24.3 Å². The second-order valence-electron chi connectivity index (χ2n) is 5.20. The number of nitrogens with zero attached hydrogens (tertiary/aromatic N) is 1. The third kappa shape index (κ3) is 3.84. The number of carbonyl (C=O) groups is 2. The zero-order valence-corrected chi connectivity index (χ0v) is 12.7. The fourth-order valence-corrected chi connectivity index (χ4v) is 2.33. The standard InChI is InChI=1S/C16H22N2O4/c1-2-10-22-13-6-4-12(5-7-13)18-15(20)11-14(16(18)21)17-8-3-9-19/h4-7,14,17,19H,2-3,8-11H2,1H3/t14-/m1/s1. The molecule has 0 bridgehead atoms. The number of anilines is 1. The molecule has 1 aliphatic heterocycles. The van der Waals surface area contributed by atoms with Crippen LogP contribution in [0.25, 0.3) is 0 Å². The molecule has 0 aliphatic carbocycles. The quantitative estimate of drug-likeness (QED) is 0.555. The van der Waals surface area contributed by atoms with E-state index in [0.717, 1.165) is 12.2 Å². The molecule has 6 heteroatoms. The van der Waals surface area contributed by atoms with E-state index < -0.39 is 6.04 Å². The summed E-state index contributed by atoms with van der Waals surface area (Å²) in [5.74, 6) is 0.265. The Morgan fingerprint density at radius 1 is 1.32 bits per heavy atom. The Labute approximate surface area is 130 Å². The first-order chi connectivity index (χ1) is 10.7. The number of hydrogen-bond donors (Lipinski definition) is 2. The van der Waals surface area contributed by atoms with E-state index in [9.17, 15) is 9.59 Å². The lowest BCUT2D eigenvalue weighted by Gasteiger charge is -2.16. The largest absolute Gasteiger partial charge is 0.494 e. The summed E-state index contributed by atoms with van der Waals surface area (Å²) in [5, 5.41) is 11.8. The van der Waals surface area contributed by atoms with Crippen molar-refractivity contribution in [2.24, 2.45) is 0 Å². The van der Waals surface area contributed by atoms with Gasteiger partial charge in [0.15, 0.2) is 0 Å². The van der Waals surface area contributed by atoms with Gasteiger partial charge in [-0.15, -0.1) is 0 Å². The first-order valence-electron chi connectivity index (χ1n) is 7.61. The van der Waals surface area contributed by atoms with E-state index in [1.54, 1.807) is 24.3 Å². The molecule has 0 spiro atoms. The smallest absolute Gasteiger partial charge is 0.251 e. The summed E-state index contributed by atoms with van der Waals surface area (Å²) in [4.78, 5) is 25.6. The van der Waals surface area contributed by atoms with Gasteiger partial charge in [0.1, 0.15) is 5.75 Å². The topological polar surface area (TPSA) is 78.9 Å². The molecular formula is C16H22N2O4. The van der Waals surface area contributed by atoms with Crippen LogP contribution in [-0.2, 0) is 9.59 Å². The Kier molecular flexibility index (Phi) is 5.91. The van der Waals surface area contributed by atoms with Crippen LogP contribution in [0.15, 0.2) is 24.3 Å². The zero-order chi connectivity index (χ0) is 15.9. The highest BCUT2D eigenvalue weighted by Gasteiger charge is 2.39. The second kappa shape index (κ2) is 7.91. The Balaban J connectivity index is 2.01. The van der Waals surface area contributed by atoms with E-state index in [4.69, 9.17) is 9.84 Å². The van der Waals surface area contributed by atoms with Crippen molar-refractivity contribution >= 4 is 17.5 Å². The van der Waals surface area contributed by atoms with Gasteiger partial charge >= 0.3 is 0 Å². The summed E-state index contributed by atoms with van der Waals surface area (Å²) >= 11 is 0. The molecule has 2 rings (SSSR count). The maximum absolute atomic E-state index is 12.3. The number of rotatable bonds is 8. The van der Waals surface area contributed by atoms with E-state index in [1.165, 1.54) is 4.90 Å². The van der Waals surface area contributed by atoms with Crippen LogP contribution in [0.2, 0.25) is 0 Å². The second-order valence-corrected chi connectivity index (χ2v) is 5.20. The number of hydrogen-bond acceptors (Lipinski definition) is 5. The minimum atomic E-state index is -0.505. The van der Waals surface area contributed by atoms with Gasteiger partial charge in [-0.05, 0) is 43.7 Å². The predicted molar refractivity (Wildman–Crippen MR) is 82.8 cm³/mol. The van der Waals surface area contributed by atoms with Gasteiger partial charge in [-0.3, -0.25) is 9.59 Å². The highest BCUT2D eigenvalue weighted by Crippen LogP contribution is 2.25. The van der Waals surface area contributed by atoms with Crippen LogP contribution in [0.3, 0.4) is 0 Å². The molecule has 1 aliphatic rings. The Bertz CT molecular complexity index is 515. The van der Waals surface area contributed by atoms with Crippen molar-refractivity contribution in [2.75, 3.05) is 24.7 Å². The molecule has 6 nitrogen and oxygen atoms in total. The SMILES string of the molecule is CCCOc1ccc(N2C(=O)C[C@@H](NCCCO)C2=O)cc1. The summed E-state index contributed by atoms with van der Waals surface area (Å²) in [6, 6.07) is 6.46. The number of imide groups is 1. The number of benzene rings is 1. The van der Waals surface area contributed by atoms with Gasteiger partial charge < -0.3 is 15.2 Å². The monoisotopic (exact) mass is 306 g/mol. The molecule has 0 unspecified atom stereocenters. The number of aliphatic hydroxyl groups excluding tert-OH is 1. The van der Waals surface area contributed by atoms with Crippen LogP contribution in [0.5, 0.6) is 5.75 Å². The fraction of sp³-hybridized carbons (Fsp3) is 0.500. The minimum absolute atomic E-state index is 0.0603. The van der Waals surface area contributed by atoms with Gasteiger partial charge in [-0.1, -0.05) is 6.92 Å². The molecule has 1 aromatic rings. The maximum atomic E-state index is 12.3. The molecule has 1 saturated heterocycles. The highest BCUT2D eigenvalue weighted by atomic mass is 16.5. The van der Waals surface area contributed by atoms with Crippen LogP contribution in [0.4, 0.5) is 5.69 Å². The zero-order valence-electron chi connectivity index (χ0n) is 12.7.